The van der Waals surface area contributed by atoms with Crippen molar-refractivity contribution in [1.82, 2.24) is 0 Å². The molecular formula is C16H16N2O6. The highest BCUT2D eigenvalue weighted by atomic mass is 16.6. The Balaban J connectivity index is 2.00. The van der Waals surface area contributed by atoms with Gasteiger partial charge in [-0.3, -0.25) is 14.9 Å². The van der Waals surface area contributed by atoms with Gasteiger partial charge >= 0.3 is 5.97 Å². The third-order valence-corrected chi connectivity index (χ3v) is 3.22. The second-order valence-electron chi connectivity index (χ2n) is 5.23. The van der Waals surface area contributed by atoms with Crippen molar-refractivity contribution < 1.29 is 23.7 Å². The summed E-state index contributed by atoms with van der Waals surface area (Å²) in [5.74, 6) is -0.419. The first-order valence-electron chi connectivity index (χ1n) is 7.07. The van der Waals surface area contributed by atoms with Gasteiger partial charge in [0.2, 0.25) is 0 Å². The summed E-state index contributed by atoms with van der Waals surface area (Å²) >= 11 is 0. The number of rotatable bonds is 5. The van der Waals surface area contributed by atoms with Crippen molar-refractivity contribution >= 4 is 23.3 Å². The molecule has 1 amide bonds. The van der Waals surface area contributed by atoms with Gasteiger partial charge in [0, 0.05) is 6.07 Å². The molecule has 1 aromatic carbocycles. The highest BCUT2D eigenvalue weighted by molar-refractivity contribution is 5.97. The van der Waals surface area contributed by atoms with Crippen LogP contribution in [0.15, 0.2) is 28.7 Å². The molecule has 0 saturated heterocycles. The molecule has 0 saturated carbocycles. The molecule has 1 heterocycles. The summed E-state index contributed by atoms with van der Waals surface area (Å²) < 4.78 is 10.1. The van der Waals surface area contributed by atoms with Crippen molar-refractivity contribution in [3.05, 3.63) is 57.0 Å². The lowest BCUT2D eigenvalue weighted by Crippen LogP contribution is -2.21. The summed E-state index contributed by atoms with van der Waals surface area (Å²) in [6.45, 7) is 4.44. The number of nitrogens with zero attached hydrogens (tertiary/aromatic N) is 1. The van der Waals surface area contributed by atoms with Gasteiger partial charge < -0.3 is 14.5 Å². The van der Waals surface area contributed by atoms with E-state index in [0.29, 0.717) is 17.1 Å². The Kier molecular flexibility index (Phi) is 4.98. The number of nitrogens with one attached hydrogen (secondary N) is 1. The summed E-state index contributed by atoms with van der Waals surface area (Å²) in [6, 6.07) is 5.92. The second-order valence-corrected chi connectivity index (χ2v) is 5.23. The van der Waals surface area contributed by atoms with Gasteiger partial charge in [-0.15, -0.1) is 0 Å². The highest BCUT2D eigenvalue weighted by Crippen LogP contribution is 2.25. The Morgan fingerprint density at radius 2 is 1.96 bits per heavy atom. The predicted octanol–water partition coefficient (Wildman–Crippen LogP) is 2.91. The van der Waals surface area contributed by atoms with E-state index in [-0.39, 0.29) is 16.9 Å². The average molecular weight is 332 g/mol. The molecule has 0 atom stereocenters. The zero-order chi connectivity index (χ0) is 17.9. The van der Waals surface area contributed by atoms with E-state index in [9.17, 15) is 19.7 Å². The summed E-state index contributed by atoms with van der Waals surface area (Å²) in [7, 11) is 0. The van der Waals surface area contributed by atoms with Gasteiger partial charge in [0.25, 0.3) is 11.6 Å². The topological polar surface area (TPSA) is 112 Å². The van der Waals surface area contributed by atoms with Gasteiger partial charge in [-0.2, -0.15) is 0 Å². The van der Waals surface area contributed by atoms with Gasteiger partial charge in [-0.25, -0.2) is 4.79 Å². The molecule has 0 aliphatic heterocycles. The number of furan rings is 1. The number of aryl methyl sites for hydroxylation is 3. The fourth-order valence-electron chi connectivity index (χ4n) is 2.13. The lowest BCUT2D eigenvalue weighted by molar-refractivity contribution is -0.384. The normalized spacial score (nSPS) is 10.3. The molecule has 0 bridgehead atoms. The fraction of sp³-hybridized carbons (Fsp3) is 0.250. The van der Waals surface area contributed by atoms with Crippen molar-refractivity contribution in [2.24, 2.45) is 0 Å². The van der Waals surface area contributed by atoms with Crippen LogP contribution in [0, 0.1) is 30.9 Å². The molecule has 2 rings (SSSR count). The number of hydrogen-bond acceptors (Lipinski definition) is 6. The lowest BCUT2D eigenvalue weighted by Gasteiger charge is -2.07. The molecule has 24 heavy (non-hydrogen) atoms. The first-order chi connectivity index (χ1) is 11.3. The van der Waals surface area contributed by atoms with E-state index in [4.69, 9.17) is 9.15 Å². The second kappa shape index (κ2) is 6.95. The van der Waals surface area contributed by atoms with E-state index >= 15 is 0 Å². The first kappa shape index (κ1) is 17.2. The Bertz CT molecular complexity index is 809. The van der Waals surface area contributed by atoms with Crippen molar-refractivity contribution in [2.75, 3.05) is 11.9 Å². The molecule has 0 aliphatic rings. The third kappa shape index (κ3) is 3.97. The smallest absolute Gasteiger partial charge is 0.342 e. The van der Waals surface area contributed by atoms with Crippen LogP contribution in [-0.2, 0) is 9.53 Å². The van der Waals surface area contributed by atoms with E-state index in [1.165, 1.54) is 18.2 Å². The van der Waals surface area contributed by atoms with Crippen molar-refractivity contribution in [1.29, 1.82) is 0 Å². The minimum absolute atomic E-state index is 0.0435. The number of esters is 1. The Labute approximate surface area is 137 Å². The predicted molar refractivity (Wildman–Crippen MR) is 84.9 cm³/mol. The average Bonchev–Trinajstić information content (AvgIpc) is 2.85. The maximum atomic E-state index is 11.9. The standard InChI is InChI=1S/C16H16N2O6/c1-9-4-5-13(14(6-9)18(21)22)17-15(19)8-23-16(20)12-7-10(2)24-11(12)3/h4-7H,8H2,1-3H3,(H,17,19). The van der Waals surface area contributed by atoms with Crippen LogP contribution in [0.3, 0.4) is 0 Å². The third-order valence-electron chi connectivity index (χ3n) is 3.22. The van der Waals surface area contributed by atoms with Crippen molar-refractivity contribution in [3.8, 4) is 0 Å². The molecule has 0 radical (unpaired) electrons. The number of amides is 1. The van der Waals surface area contributed by atoms with Gasteiger partial charge in [-0.05, 0) is 38.5 Å². The van der Waals surface area contributed by atoms with E-state index < -0.39 is 23.4 Å². The minimum Gasteiger partial charge on any atom is -0.466 e. The first-order valence-corrected chi connectivity index (χ1v) is 7.07. The Hall–Kier alpha value is -3.16. The van der Waals surface area contributed by atoms with Crippen LogP contribution in [-0.4, -0.2) is 23.4 Å². The van der Waals surface area contributed by atoms with Gasteiger partial charge in [0.1, 0.15) is 22.8 Å². The molecule has 8 nitrogen and oxygen atoms in total. The monoisotopic (exact) mass is 332 g/mol. The van der Waals surface area contributed by atoms with Crippen LogP contribution >= 0.6 is 0 Å². The molecule has 0 spiro atoms. The van der Waals surface area contributed by atoms with Crippen LogP contribution in [0.4, 0.5) is 11.4 Å². The summed E-state index contributed by atoms with van der Waals surface area (Å²) in [6.07, 6.45) is 0. The molecule has 2 aromatic rings. The molecule has 0 aliphatic carbocycles. The fourth-order valence-corrected chi connectivity index (χ4v) is 2.13. The minimum atomic E-state index is -0.696. The van der Waals surface area contributed by atoms with Crippen LogP contribution in [0.5, 0.6) is 0 Å². The number of carbonyl (C=O) groups excluding carboxylic acids is 2. The SMILES string of the molecule is Cc1ccc(NC(=O)COC(=O)c2cc(C)oc2C)c([N+](=O)[O-])c1. The molecule has 0 unspecified atom stereocenters. The largest absolute Gasteiger partial charge is 0.466 e. The zero-order valence-electron chi connectivity index (χ0n) is 13.4. The Morgan fingerprint density at radius 3 is 2.54 bits per heavy atom. The zero-order valence-corrected chi connectivity index (χ0v) is 13.4. The van der Waals surface area contributed by atoms with Gasteiger partial charge in [0.05, 0.1) is 4.92 Å². The van der Waals surface area contributed by atoms with Crippen LogP contribution in [0.2, 0.25) is 0 Å². The number of benzene rings is 1. The van der Waals surface area contributed by atoms with Gasteiger partial charge in [0.15, 0.2) is 6.61 Å². The molecule has 1 N–H and O–H groups in total. The number of ether oxygens (including phenoxy) is 1. The van der Waals surface area contributed by atoms with Crippen molar-refractivity contribution in [2.45, 2.75) is 20.8 Å². The highest BCUT2D eigenvalue weighted by Gasteiger charge is 2.19. The molecule has 126 valence electrons. The van der Waals surface area contributed by atoms with E-state index in [1.54, 1.807) is 26.8 Å². The molecule has 1 aromatic heterocycles. The quantitative estimate of drug-likeness (QED) is 0.512. The number of nitro benzene ring substituents is 1. The van der Waals surface area contributed by atoms with E-state index in [1.807, 2.05) is 0 Å². The summed E-state index contributed by atoms with van der Waals surface area (Å²) in [4.78, 5) is 34.2. The van der Waals surface area contributed by atoms with Crippen molar-refractivity contribution in [3.63, 3.8) is 0 Å². The number of carbonyl (C=O) groups is 2. The maximum absolute atomic E-state index is 11.9. The number of hydrogen-bond donors (Lipinski definition) is 1. The summed E-state index contributed by atoms with van der Waals surface area (Å²) in [5.41, 5.74) is 0.747. The summed E-state index contributed by atoms with van der Waals surface area (Å²) in [5, 5.41) is 13.4. The number of anilines is 1. The van der Waals surface area contributed by atoms with E-state index in [0.717, 1.165) is 0 Å². The molecular weight excluding hydrogens is 316 g/mol. The van der Waals surface area contributed by atoms with Gasteiger partial charge in [-0.1, -0.05) is 6.07 Å². The number of nitro groups is 1. The van der Waals surface area contributed by atoms with Crippen LogP contribution in [0.25, 0.3) is 0 Å². The van der Waals surface area contributed by atoms with Crippen LogP contribution < -0.4 is 5.32 Å². The van der Waals surface area contributed by atoms with Crippen LogP contribution in [0.1, 0.15) is 27.4 Å². The maximum Gasteiger partial charge on any atom is 0.342 e. The molecule has 8 heteroatoms. The Morgan fingerprint density at radius 1 is 1.25 bits per heavy atom. The van der Waals surface area contributed by atoms with E-state index in [2.05, 4.69) is 5.32 Å². The lowest BCUT2D eigenvalue weighted by atomic mass is 10.2. The molecule has 0 fully saturated rings.